The Morgan fingerprint density at radius 2 is 1.40 bits per heavy atom. The third-order valence-corrected chi connectivity index (χ3v) is 3.30. The summed E-state index contributed by atoms with van der Waals surface area (Å²) < 4.78 is 37.4. The van der Waals surface area contributed by atoms with E-state index in [2.05, 4.69) is 0 Å². The van der Waals surface area contributed by atoms with Crippen molar-refractivity contribution in [3.63, 3.8) is 0 Å². The molecule has 0 atom stereocenters. The first kappa shape index (κ1) is 18.5. The highest BCUT2D eigenvalue weighted by Gasteiger charge is 2.04. The van der Waals surface area contributed by atoms with Crippen LogP contribution in [0.1, 0.15) is 5.56 Å². The standard InChI is InChI=1S/C19H15F2NO2.ClH/c20-14-9-13(10-15(21)11-14)12-23-16-5-7-17(8-6-16)24-19-4-2-1-3-18(19)22;/h1-11H,12,22H2;1H. The summed E-state index contributed by atoms with van der Waals surface area (Å²) >= 11 is 0. The van der Waals surface area contributed by atoms with E-state index in [1.54, 1.807) is 36.4 Å². The van der Waals surface area contributed by atoms with Crippen LogP contribution in [0.5, 0.6) is 17.2 Å². The summed E-state index contributed by atoms with van der Waals surface area (Å²) in [5.74, 6) is 0.488. The SMILES string of the molecule is Cl.Nc1ccccc1Oc1ccc(OCc2cc(F)cc(F)c2)cc1. The van der Waals surface area contributed by atoms with E-state index < -0.39 is 11.6 Å². The van der Waals surface area contributed by atoms with Gasteiger partial charge in [-0.25, -0.2) is 8.78 Å². The fourth-order valence-corrected chi connectivity index (χ4v) is 2.17. The summed E-state index contributed by atoms with van der Waals surface area (Å²) in [4.78, 5) is 0. The number of hydrogen-bond donors (Lipinski definition) is 1. The molecule has 130 valence electrons. The maximum absolute atomic E-state index is 13.1. The summed E-state index contributed by atoms with van der Waals surface area (Å²) in [5, 5.41) is 0. The molecule has 0 aromatic heterocycles. The van der Waals surface area contributed by atoms with Crippen molar-refractivity contribution < 1.29 is 18.3 Å². The van der Waals surface area contributed by atoms with Crippen molar-refractivity contribution in [2.45, 2.75) is 6.61 Å². The van der Waals surface area contributed by atoms with Gasteiger partial charge in [0.2, 0.25) is 0 Å². The van der Waals surface area contributed by atoms with E-state index in [-0.39, 0.29) is 19.0 Å². The lowest BCUT2D eigenvalue weighted by molar-refractivity contribution is 0.304. The molecule has 6 heteroatoms. The molecule has 25 heavy (non-hydrogen) atoms. The lowest BCUT2D eigenvalue weighted by Crippen LogP contribution is -1.97. The highest BCUT2D eigenvalue weighted by atomic mass is 35.5. The van der Waals surface area contributed by atoms with Gasteiger partial charge in [0.05, 0.1) is 5.69 Å². The number of rotatable bonds is 5. The van der Waals surface area contributed by atoms with Crippen molar-refractivity contribution in [3.8, 4) is 17.2 Å². The molecule has 0 aliphatic rings. The van der Waals surface area contributed by atoms with Crippen LogP contribution in [0.4, 0.5) is 14.5 Å². The van der Waals surface area contributed by atoms with Crippen LogP contribution in [-0.2, 0) is 6.61 Å². The molecule has 0 saturated heterocycles. The summed E-state index contributed by atoms with van der Waals surface area (Å²) in [5.41, 5.74) is 6.79. The molecule has 0 radical (unpaired) electrons. The van der Waals surface area contributed by atoms with Crippen LogP contribution in [0.15, 0.2) is 66.7 Å². The molecule has 0 saturated carbocycles. The molecular formula is C19H16ClF2NO2. The van der Waals surface area contributed by atoms with E-state index in [9.17, 15) is 8.78 Å². The van der Waals surface area contributed by atoms with E-state index in [4.69, 9.17) is 15.2 Å². The maximum atomic E-state index is 13.1. The second kappa shape index (κ2) is 8.35. The first-order valence-electron chi connectivity index (χ1n) is 7.30. The molecule has 2 N–H and O–H groups in total. The second-order valence-electron chi connectivity index (χ2n) is 5.18. The predicted octanol–water partition coefficient (Wildman–Crippen LogP) is 5.34. The van der Waals surface area contributed by atoms with Gasteiger partial charge in [-0.05, 0) is 54.1 Å². The first-order valence-corrected chi connectivity index (χ1v) is 7.30. The van der Waals surface area contributed by atoms with Crippen LogP contribution in [0.25, 0.3) is 0 Å². The molecule has 3 nitrogen and oxygen atoms in total. The third-order valence-electron chi connectivity index (χ3n) is 3.30. The van der Waals surface area contributed by atoms with E-state index in [0.29, 0.717) is 28.5 Å². The van der Waals surface area contributed by atoms with Crippen LogP contribution < -0.4 is 15.2 Å². The molecule has 0 aliphatic heterocycles. The summed E-state index contributed by atoms with van der Waals surface area (Å²) in [7, 11) is 0. The Bertz CT molecular complexity index is 821. The zero-order chi connectivity index (χ0) is 16.9. The van der Waals surface area contributed by atoms with Gasteiger partial charge in [0.1, 0.15) is 35.5 Å². The van der Waals surface area contributed by atoms with Gasteiger partial charge in [0.15, 0.2) is 0 Å². The van der Waals surface area contributed by atoms with Gasteiger partial charge in [-0.2, -0.15) is 0 Å². The van der Waals surface area contributed by atoms with Gasteiger partial charge in [0, 0.05) is 6.07 Å². The number of nitrogens with two attached hydrogens (primary N) is 1. The Morgan fingerprint density at radius 3 is 2.04 bits per heavy atom. The summed E-state index contributed by atoms with van der Waals surface area (Å²) in [6.45, 7) is 0.0700. The highest BCUT2D eigenvalue weighted by Crippen LogP contribution is 2.28. The zero-order valence-electron chi connectivity index (χ0n) is 13.1. The lowest BCUT2D eigenvalue weighted by Gasteiger charge is -2.10. The smallest absolute Gasteiger partial charge is 0.150 e. The van der Waals surface area contributed by atoms with Crippen molar-refractivity contribution in [1.29, 1.82) is 0 Å². The Balaban J connectivity index is 0.00000225. The number of benzene rings is 3. The minimum atomic E-state index is -0.627. The summed E-state index contributed by atoms with van der Waals surface area (Å²) in [6, 6.07) is 17.4. The number of halogens is 3. The van der Waals surface area contributed by atoms with Crippen LogP contribution >= 0.6 is 12.4 Å². The van der Waals surface area contributed by atoms with Gasteiger partial charge >= 0.3 is 0 Å². The van der Waals surface area contributed by atoms with Crippen molar-refractivity contribution in [1.82, 2.24) is 0 Å². The molecule has 0 amide bonds. The summed E-state index contributed by atoms with van der Waals surface area (Å²) in [6.07, 6.45) is 0. The van der Waals surface area contributed by atoms with Crippen LogP contribution in [-0.4, -0.2) is 0 Å². The minimum absolute atomic E-state index is 0. The Labute approximate surface area is 150 Å². The van der Waals surface area contributed by atoms with Crippen molar-refractivity contribution in [2.24, 2.45) is 0 Å². The zero-order valence-corrected chi connectivity index (χ0v) is 13.9. The number of para-hydroxylation sites is 2. The molecule has 3 aromatic carbocycles. The van der Waals surface area contributed by atoms with Gasteiger partial charge in [-0.3, -0.25) is 0 Å². The second-order valence-corrected chi connectivity index (χ2v) is 5.18. The van der Waals surface area contributed by atoms with Crippen LogP contribution in [0.2, 0.25) is 0 Å². The Kier molecular flexibility index (Phi) is 6.19. The topological polar surface area (TPSA) is 44.5 Å². The molecule has 0 bridgehead atoms. The average molecular weight is 364 g/mol. The molecule has 0 fully saturated rings. The van der Waals surface area contributed by atoms with E-state index >= 15 is 0 Å². The van der Waals surface area contributed by atoms with Crippen molar-refractivity contribution >= 4 is 18.1 Å². The largest absolute Gasteiger partial charge is 0.489 e. The lowest BCUT2D eigenvalue weighted by atomic mass is 10.2. The van der Waals surface area contributed by atoms with E-state index in [0.717, 1.165) is 6.07 Å². The molecule has 0 spiro atoms. The quantitative estimate of drug-likeness (QED) is 0.622. The third kappa shape index (κ3) is 5.09. The fraction of sp³-hybridized carbons (Fsp3) is 0.0526. The Morgan fingerprint density at radius 1 is 0.800 bits per heavy atom. The monoisotopic (exact) mass is 363 g/mol. The molecule has 0 aliphatic carbocycles. The fourth-order valence-electron chi connectivity index (χ4n) is 2.17. The van der Waals surface area contributed by atoms with Crippen molar-refractivity contribution in [2.75, 3.05) is 5.73 Å². The van der Waals surface area contributed by atoms with Gasteiger partial charge < -0.3 is 15.2 Å². The molecular weight excluding hydrogens is 348 g/mol. The normalized spacial score (nSPS) is 10.0. The molecule has 0 heterocycles. The molecule has 3 rings (SSSR count). The van der Waals surface area contributed by atoms with Crippen LogP contribution in [0, 0.1) is 11.6 Å². The highest BCUT2D eigenvalue weighted by molar-refractivity contribution is 5.85. The molecule has 3 aromatic rings. The molecule has 0 unspecified atom stereocenters. The van der Waals surface area contributed by atoms with E-state index in [1.165, 1.54) is 12.1 Å². The maximum Gasteiger partial charge on any atom is 0.150 e. The van der Waals surface area contributed by atoms with Gasteiger partial charge in [-0.15, -0.1) is 12.4 Å². The van der Waals surface area contributed by atoms with Crippen LogP contribution in [0.3, 0.4) is 0 Å². The number of nitrogen functional groups attached to an aromatic ring is 1. The van der Waals surface area contributed by atoms with E-state index in [1.807, 2.05) is 12.1 Å². The van der Waals surface area contributed by atoms with Crippen molar-refractivity contribution in [3.05, 3.63) is 83.9 Å². The van der Waals surface area contributed by atoms with Gasteiger partial charge in [0.25, 0.3) is 0 Å². The number of ether oxygens (including phenoxy) is 2. The average Bonchev–Trinajstić information content (AvgIpc) is 2.55. The Hall–Kier alpha value is -2.79. The van der Waals surface area contributed by atoms with Gasteiger partial charge in [-0.1, -0.05) is 12.1 Å². The number of hydrogen-bond acceptors (Lipinski definition) is 3. The number of anilines is 1. The first-order chi connectivity index (χ1) is 11.6. The minimum Gasteiger partial charge on any atom is -0.489 e. The predicted molar refractivity (Wildman–Crippen MR) is 95.3 cm³/mol.